The average Bonchev–Trinajstić information content (AvgIpc) is 3.18. The molecule has 0 aliphatic carbocycles. The van der Waals surface area contributed by atoms with E-state index in [0.29, 0.717) is 43.1 Å². The maximum absolute atomic E-state index is 14.2. The summed E-state index contributed by atoms with van der Waals surface area (Å²) in [4.78, 5) is 21.9. The Morgan fingerprint density at radius 1 is 0.941 bits per heavy atom. The van der Waals surface area contributed by atoms with Gasteiger partial charge in [0.05, 0.1) is 23.5 Å². The highest BCUT2D eigenvalue weighted by Crippen LogP contribution is 2.28. The quantitative estimate of drug-likeness (QED) is 0.440. The third-order valence-corrected chi connectivity index (χ3v) is 6.44. The molecule has 34 heavy (non-hydrogen) atoms. The topological polar surface area (TPSA) is 40.9 Å². The molecule has 0 spiro atoms. The number of piperazine rings is 1. The fourth-order valence-electron chi connectivity index (χ4n) is 4.55. The number of pyridine rings is 1. The van der Waals surface area contributed by atoms with E-state index in [1.807, 2.05) is 45.5 Å². The van der Waals surface area contributed by atoms with Crippen LogP contribution >= 0.6 is 0 Å². The highest BCUT2D eigenvalue weighted by molar-refractivity contribution is 5.82. The molecule has 7 heteroatoms. The normalized spacial score (nSPS) is 14.1. The molecule has 4 aromatic rings. The molecule has 5 rings (SSSR count). The van der Waals surface area contributed by atoms with E-state index in [1.165, 1.54) is 12.1 Å². The zero-order valence-corrected chi connectivity index (χ0v) is 19.3. The third kappa shape index (κ3) is 4.14. The van der Waals surface area contributed by atoms with Crippen LogP contribution in [0, 0.1) is 25.5 Å². The van der Waals surface area contributed by atoms with Crippen molar-refractivity contribution in [3.63, 3.8) is 0 Å². The lowest BCUT2D eigenvalue weighted by Crippen LogP contribution is -2.49. The second kappa shape index (κ2) is 8.89. The number of carbonyl (C=O) groups excluding carboxylic acids is 1. The van der Waals surface area contributed by atoms with Gasteiger partial charge in [0, 0.05) is 37.9 Å². The van der Waals surface area contributed by atoms with Crippen molar-refractivity contribution in [3.8, 4) is 11.3 Å². The smallest absolute Gasteiger partial charge is 0.228 e. The summed E-state index contributed by atoms with van der Waals surface area (Å²) in [5.74, 6) is -0.520. The van der Waals surface area contributed by atoms with Gasteiger partial charge in [-0.1, -0.05) is 18.2 Å². The number of hydrogen-bond acceptors (Lipinski definition) is 3. The zero-order valence-electron chi connectivity index (χ0n) is 19.3. The molecule has 0 radical (unpaired) electrons. The largest absolute Gasteiger partial charge is 0.366 e. The van der Waals surface area contributed by atoms with Crippen LogP contribution in [0.5, 0.6) is 0 Å². The van der Waals surface area contributed by atoms with Gasteiger partial charge in [-0.3, -0.25) is 4.79 Å². The number of hydrogen-bond donors (Lipinski definition) is 0. The average molecular weight is 461 g/mol. The standard InChI is InChI=1S/C27H26F2N4O/c1-18-7-10-25-30-27(20-8-9-21(28)19(2)15-20)24(33(25)17-18)16-26(34)32-13-11-31(12-14-32)23-6-4-3-5-22(23)29/h3-10,15,17H,11-14,16H2,1-2H3. The number of anilines is 1. The van der Waals surface area contributed by atoms with Crippen molar-refractivity contribution in [3.05, 3.63) is 89.2 Å². The fourth-order valence-corrected chi connectivity index (χ4v) is 4.55. The highest BCUT2D eigenvalue weighted by atomic mass is 19.1. The Bertz CT molecular complexity index is 1370. The zero-order chi connectivity index (χ0) is 23.8. The molecule has 2 aromatic heterocycles. The minimum Gasteiger partial charge on any atom is -0.366 e. The van der Waals surface area contributed by atoms with E-state index in [2.05, 4.69) is 0 Å². The minimum absolute atomic E-state index is 0.00317. The van der Waals surface area contributed by atoms with Crippen LogP contribution in [0.25, 0.3) is 16.9 Å². The van der Waals surface area contributed by atoms with Crippen LogP contribution < -0.4 is 4.90 Å². The lowest BCUT2D eigenvalue weighted by Gasteiger charge is -2.36. The number of benzene rings is 2. The molecular weight excluding hydrogens is 434 g/mol. The van der Waals surface area contributed by atoms with Crippen molar-refractivity contribution in [1.29, 1.82) is 0 Å². The molecular formula is C27H26F2N4O. The monoisotopic (exact) mass is 460 g/mol. The predicted octanol–water partition coefficient (Wildman–Crippen LogP) is 4.79. The minimum atomic E-state index is -0.270. The molecule has 0 bridgehead atoms. The van der Waals surface area contributed by atoms with Crippen molar-refractivity contribution in [2.45, 2.75) is 20.3 Å². The fraction of sp³-hybridized carbons (Fsp3) is 0.259. The van der Waals surface area contributed by atoms with Crippen LogP contribution in [0.4, 0.5) is 14.5 Å². The Morgan fingerprint density at radius 3 is 2.44 bits per heavy atom. The summed E-state index contributed by atoms with van der Waals surface area (Å²) < 4.78 is 30.0. The number of rotatable bonds is 4. The van der Waals surface area contributed by atoms with E-state index in [-0.39, 0.29) is 24.0 Å². The van der Waals surface area contributed by atoms with Crippen molar-refractivity contribution in [1.82, 2.24) is 14.3 Å². The number of carbonyl (C=O) groups is 1. The van der Waals surface area contributed by atoms with Crippen molar-refractivity contribution < 1.29 is 13.6 Å². The maximum Gasteiger partial charge on any atom is 0.228 e. The van der Waals surface area contributed by atoms with Gasteiger partial charge in [-0.05, 0) is 61.4 Å². The summed E-state index contributed by atoms with van der Waals surface area (Å²) in [6.07, 6.45) is 2.15. The molecule has 1 fully saturated rings. The van der Waals surface area contributed by atoms with Gasteiger partial charge in [-0.25, -0.2) is 13.8 Å². The first-order valence-electron chi connectivity index (χ1n) is 11.4. The Balaban J connectivity index is 1.41. The number of nitrogens with zero attached hydrogens (tertiary/aromatic N) is 4. The van der Waals surface area contributed by atoms with Gasteiger partial charge in [0.25, 0.3) is 0 Å². The van der Waals surface area contributed by atoms with Crippen LogP contribution in [-0.2, 0) is 11.2 Å². The molecule has 1 aliphatic rings. The molecule has 0 N–H and O–H groups in total. The van der Waals surface area contributed by atoms with Gasteiger partial charge >= 0.3 is 0 Å². The molecule has 3 heterocycles. The predicted molar refractivity (Wildman–Crippen MR) is 129 cm³/mol. The van der Waals surface area contributed by atoms with Crippen molar-refractivity contribution >= 4 is 17.2 Å². The van der Waals surface area contributed by atoms with Crippen LogP contribution in [-0.4, -0.2) is 46.4 Å². The summed E-state index contributed by atoms with van der Waals surface area (Å²) in [5.41, 5.74) is 5.16. The van der Waals surface area contributed by atoms with Gasteiger partial charge in [-0.2, -0.15) is 0 Å². The number of amides is 1. The summed E-state index contributed by atoms with van der Waals surface area (Å²) in [6.45, 7) is 5.90. The Kier molecular flexibility index (Phi) is 5.77. The second-order valence-corrected chi connectivity index (χ2v) is 8.80. The van der Waals surface area contributed by atoms with Crippen LogP contribution in [0.2, 0.25) is 0 Å². The van der Waals surface area contributed by atoms with E-state index in [4.69, 9.17) is 4.98 Å². The number of halogens is 2. The molecule has 0 atom stereocenters. The SMILES string of the molecule is Cc1ccc2nc(-c3ccc(F)c(C)c3)c(CC(=O)N3CCN(c4ccccc4F)CC3)n2c1. The molecule has 174 valence electrons. The number of para-hydroxylation sites is 1. The van der Waals surface area contributed by atoms with Crippen LogP contribution in [0.15, 0.2) is 60.8 Å². The molecule has 2 aromatic carbocycles. The third-order valence-electron chi connectivity index (χ3n) is 6.44. The van der Waals surface area contributed by atoms with Crippen molar-refractivity contribution in [2.24, 2.45) is 0 Å². The first kappa shape index (κ1) is 22.1. The summed E-state index contributed by atoms with van der Waals surface area (Å²) in [7, 11) is 0. The van der Waals surface area contributed by atoms with E-state index in [9.17, 15) is 13.6 Å². The van der Waals surface area contributed by atoms with Gasteiger partial charge in [-0.15, -0.1) is 0 Å². The van der Waals surface area contributed by atoms with Gasteiger partial charge in [0.1, 0.15) is 17.3 Å². The first-order valence-corrected chi connectivity index (χ1v) is 11.4. The molecule has 0 saturated carbocycles. The molecule has 1 amide bonds. The van der Waals surface area contributed by atoms with Crippen molar-refractivity contribution in [2.75, 3.05) is 31.1 Å². The van der Waals surface area contributed by atoms with E-state index >= 15 is 0 Å². The number of aromatic nitrogens is 2. The Labute approximate surface area is 197 Å². The van der Waals surface area contributed by atoms with E-state index < -0.39 is 0 Å². The molecule has 1 aliphatic heterocycles. The van der Waals surface area contributed by atoms with E-state index in [1.54, 1.807) is 31.2 Å². The van der Waals surface area contributed by atoms with Gasteiger partial charge < -0.3 is 14.2 Å². The van der Waals surface area contributed by atoms with Gasteiger partial charge in [0.15, 0.2) is 0 Å². The maximum atomic E-state index is 14.2. The Hall–Kier alpha value is -3.74. The van der Waals surface area contributed by atoms with Crippen LogP contribution in [0.3, 0.4) is 0 Å². The lowest BCUT2D eigenvalue weighted by atomic mass is 10.0. The first-order chi connectivity index (χ1) is 16.4. The molecule has 0 unspecified atom stereocenters. The van der Waals surface area contributed by atoms with Crippen LogP contribution in [0.1, 0.15) is 16.8 Å². The Morgan fingerprint density at radius 2 is 1.71 bits per heavy atom. The lowest BCUT2D eigenvalue weighted by molar-refractivity contribution is -0.130. The number of imidazole rings is 1. The summed E-state index contributed by atoms with van der Waals surface area (Å²) in [6, 6.07) is 15.5. The highest BCUT2D eigenvalue weighted by Gasteiger charge is 2.25. The summed E-state index contributed by atoms with van der Waals surface area (Å²) in [5, 5.41) is 0. The molecule has 1 saturated heterocycles. The van der Waals surface area contributed by atoms with E-state index in [0.717, 1.165) is 22.5 Å². The second-order valence-electron chi connectivity index (χ2n) is 8.80. The number of fused-ring (bicyclic) bond motifs is 1. The summed E-state index contributed by atoms with van der Waals surface area (Å²) >= 11 is 0. The molecule has 5 nitrogen and oxygen atoms in total. The number of aryl methyl sites for hydroxylation is 2. The van der Waals surface area contributed by atoms with Gasteiger partial charge in [0.2, 0.25) is 5.91 Å².